The number of alkyl halides is 1. The SMILES string of the molecule is C[Si](C)(C)[C@H]1CC(=O)O[C@H](CI)C1. The minimum atomic E-state index is -1.16. The van der Waals surface area contributed by atoms with Gasteiger partial charge in [-0.3, -0.25) is 4.79 Å². The summed E-state index contributed by atoms with van der Waals surface area (Å²) in [6.45, 7) is 7.00. The number of ether oxygens (including phenoxy) is 1. The maximum Gasteiger partial charge on any atom is 0.306 e. The second-order valence-corrected chi connectivity index (χ2v) is 11.2. The number of hydrogen-bond acceptors (Lipinski definition) is 2. The predicted molar refractivity (Wildman–Crippen MR) is 65.1 cm³/mol. The molecule has 0 amide bonds. The fraction of sp³-hybridized carbons (Fsp3) is 0.889. The van der Waals surface area contributed by atoms with Crippen LogP contribution in [0.4, 0.5) is 0 Å². The number of halogens is 1. The molecule has 0 radical (unpaired) electrons. The van der Waals surface area contributed by atoms with Gasteiger partial charge in [-0.25, -0.2) is 0 Å². The lowest BCUT2D eigenvalue weighted by atomic mass is 10.1. The van der Waals surface area contributed by atoms with Crippen LogP contribution in [0.5, 0.6) is 0 Å². The monoisotopic (exact) mass is 312 g/mol. The first-order chi connectivity index (χ1) is 5.93. The van der Waals surface area contributed by atoms with Crippen LogP contribution in [0, 0.1) is 0 Å². The van der Waals surface area contributed by atoms with Crippen LogP contribution in [-0.2, 0) is 9.53 Å². The lowest BCUT2D eigenvalue weighted by Crippen LogP contribution is -2.38. The second-order valence-electron chi connectivity index (χ2n) is 4.77. The number of cyclic esters (lactones) is 1. The van der Waals surface area contributed by atoms with Crippen LogP contribution in [0.1, 0.15) is 12.8 Å². The molecule has 2 atom stereocenters. The normalized spacial score (nSPS) is 30.0. The molecular formula is C9H17IO2Si. The lowest BCUT2D eigenvalue weighted by molar-refractivity contribution is -0.152. The van der Waals surface area contributed by atoms with Crippen molar-refractivity contribution >= 4 is 36.6 Å². The molecule has 0 unspecified atom stereocenters. The van der Waals surface area contributed by atoms with Crippen molar-refractivity contribution in [1.82, 2.24) is 0 Å². The first-order valence-corrected chi connectivity index (χ1v) is 9.79. The number of hydrogen-bond donors (Lipinski definition) is 0. The van der Waals surface area contributed by atoms with Crippen LogP contribution >= 0.6 is 22.6 Å². The Bertz CT molecular complexity index is 200. The van der Waals surface area contributed by atoms with E-state index in [4.69, 9.17) is 4.74 Å². The van der Waals surface area contributed by atoms with E-state index >= 15 is 0 Å². The highest BCUT2D eigenvalue weighted by Gasteiger charge is 2.36. The average molecular weight is 312 g/mol. The number of esters is 1. The Balaban J connectivity index is 2.62. The molecule has 4 heteroatoms. The fourth-order valence-corrected chi connectivity index (χ4v) is 3.93. The lowest BCUT2D eigenvalue weighted by Gasteiger charge is -2.35. The Morgan fingerprint density at radius 3 is 2.62 bits per heavy atom. The van der Waals surface area contributed by atoms with Crippen molar-refractivity contribution in [2.24, 2.45) is 0 Å². The Morgan fingerprint density at radius 1 is 1.54 bits per heavy atom. The summed E-state index contributed by atoms with van der Waals surface area (Å²) in [6.07, 6.45) is 1.92. The smallest absolute Gasteiger partial charge is 0.306 e. The highest BCUT2D eigenvalue weighted by Crippen LogP contribution is 2.35. The molecule has 1 heterocycles. The van der Waals surface area contributed by atoms with Crippen molar-refractivity contribution in [1.29, 1.82) is 0 Å². The van der Waals surface area contributed by atoms with Crippen molar-refractivity contribution in [3.63, 3.8) is 0 Å². The van der Waals surface area contributed by atoms with Crippen LogP contribution in [0.15, 0.2) is 0 Å². The van der Waals surface area contributed by atoms with Gasteiger partial charge in [0.15, 0.2) is 0 Å². The van der Waals surface area contributed by atoms with Gasteiger partial charge in [0.05, 0.1) is 0 Å². The predicted octanol–water partition coefficient (Wildman–Crippen LogP) is 2.84. The Kier molecular flexibility index (Phi) is 3.79. The van der Waals surface area contributed by atoms with E-state index in [0.717, 1.165) is 10.8 Å². The van der Waals surface area contributed by atoms with Crippen molar-refractivity contribution in [2.75, 3.05) is 4.43 Å². The molecule has 1 aliphatic rings. The third-order valence-corrected chi connectivity index (χ3v) is 6.53. The zero-order valence-corrected chi connectivity index (χ0v) is 11.6. The zero-order chi connectivity index (χ0) is 10.1. The van der Waals surface area contributed by atoms with Gasteiger partial charge in [-0.05, 0) is 12.0 Å². The number of carbonyl (C=O) groups is 1. The molecule has 0 N–H and O–H groups in total. The van der Waals surface area contributed by atoms with Crippen LogP contribution in [-0.4, -0.2) is 24.6 Å². The van der Waals surface area contributed by atoms with Gasteiger partial charge in [-0.2, -0.15) is 0 Å². The van der Waals surface area contributed by atoms with E-state index in [9.17, 15) is 4.79 Å². The van der Waals surface area contributed by atoms with E-state index in [1.165, 1.54) is 0 Å². The summed E-state index contributed by atoms with van der Waals surface area (Å²) >= 11 is 2.29. The molecule has 0 spiro atoms. The molecule has 0 saturated carbocycles. The summed E-state index contributed by atoms with van der Waals surface area (Å²) in [6, 6.07) is 0. The molecule has 13 heavy (non-hydrogen) atoms. The molecule has 76 valence electrons. The summed E-state index contributed by atoms with van der Waals surface area (Å²) in [7, 11) is -1.16. The van der Waals surface area contributed by atoms with E-state index < -0.39 is 8.07 Å². The Hall–Kier alpha value is 0.417. The zero-order valence-electron chi connectivity index (χ0n) is 8.47. The number of rotatable bonds is 2. The van der Waals surface area contributed by atoms with Gasteiger partial charge in [-0.15, -0.1) is 0 Å². The summed E-state index contributed by atoms with van der Waals surface area (Å²) < 4.78 is 6.17. The van der Waals surface area contributed by atoms with Gasteiger partial charge in [0.2, 0.25) is 0 Å². The first-order valence-electron chi connectivity index (χ1n) is 4.69. The minimum absolute atomic E-state index is 0.0142. The van der Waals surface area contributed by atoms with Gasteiger partial charge in [0.25, 0.3) is 0 Å². The van der Waals surface area contributed by atoms with Gasteiger partial charge < -0.3 is 4.74 Å². The van der Waals surface area contributed by atoms with Crippen LogP contribution in [0.2, 0.25) is 25.2 Å². The van der Waals surface area contributed by atoms with Gasteiger partial charge in [0, 0.05) is 18.9 Å². The van der Waals surface area contributed by atoms with Crippen molar-refractivity contribution in [3.05, 3.63) is 0 Å². The molecule has 2 nitrogen and oxygen atoms in total. The van der Waals surface area contributed by atoms with Crippen LogP contribution in [0.25, 0.3) is 0 Å². The Morgan fingerprint density at radius 2 is 2.15 bits per heavy atom. The quantitative estimate of drug-likeness (QED) is 0.339. The Labute approximate surface area is 94.6 Å². The first kappa shape index (κ1) is 11.5. The van der Waals surface area contributed by atoms with E-state index in [2.05, 4.69) is 42.2 Å². The largest absolute Gasteiger partial charge is 0.462 e. The van der Waals surface area contributed by atoms with E-state index in [1.54, 1.807) is 0 Å². The van der Waals surface area contributed by atoms with E-state index in [1.807, 2.05) is 0 Å². The molecule has 1 saturated heterocycles. The second kappa shape index (κ2) is 4.29. The molecule has 1 aliphatic heterocycles. The molecule has 0 bridgehead atoms. The summed E-state index contributed by atoms with van der Waals surface area (Å²) in [5.74, 6) is 0.0142. The molecule has 0 aromatic heterocycles. The molecule has 1 rings (SSSR count). The highest BCUT2D eigenvalue weighted by molar-refractivity contribution is 14.1. The molecule has 0 aliphatic carbocycles. The summed E-state index contributed by atoms with van der Waals surface area (Å²) in [5.41, 5.74) is 0.619. The van der Waals surface area contributed by atoms with Crippen LogP contribution < -0.4 is 0 Å². The molecule has 1 fully saturated rings. The minimum Gasteiger partial charge on any atom is -0.462 e. The molecule has 0 aromatic carbocycles. The summed E-state index contributed by atoms with van der Waals surface area (Å²) in [5, 5.41) is 0. The van der Waals surface area contributed by atoms with Crippen LogP contribution in [0.3, 0.4) is 0 Å². The van der Waals surface area contributed by atoms with Crippen molar-refractivity contribution in [3.8, 4) is 0 Å². The van der Waals surface area contributed by atoms with Gasteiger partial charge in [0.1, 0.15) is 6.10 Å². The van der Waals surface area contributed by atoms with Gasteiger partial charge >= 0.3 is 5.97 Å². The standard InChI is InChI=1S/C9H17IO2Si/c1-13(2,3)8-4-7(6-10)12-9(11)5-8/h7-8H,4-6H2,1-3H3/t7-,8+/m0/s1. The fourth-order valence-electron chi connectivity index (χ4n) is 1.64. The number of carbonyl (C=O) groups excluding carboxylic acids is 1. The maximum absolute atomic E-state index is 11.3. The summed E-state index contributed by atoms with van der Waals surface area (Å²) in [4.78, 5) is 11.3. The molecular weight excluding hydrogens is 295 g/mol. The highest BCUT2D eigenvalue weighted by atomic mass is 127. The molecule has 0 aromatic rings. The maximum atomic E-state index is 11.3. The third-order valence-electron chi connectivity index (χ3n) is 2.66. The third kappa shape index (κ3) is 3.23. The average Bonchev–Trinajstić information content (AvgIpc) is 2.01. The van der Waals surface area contributed by atoms with E-state index in [0.29, 0.717) is 12.0 Å². The van der Waals surface area contributed by atoms with Crippen molar-refractivity contribution < 1.29 is 9.53 Å². The van der Waals surface area contributed by atoms with Gasteiger partial charge in [-0.1, -0.05) is 42.2 Å². The van der Waals surface area contributed by atoms with Crippen molar-refractivity contribution in [2.45, 2.75) is 44.1 Å². The van der Waals surface area contributed by atoms with E-state index in [-0.39, 0.29) is 12.1 Å². The topological polar surface area (TPSA) is 26.3 Å².